The summed E-state index contributed by atoms with van der Waals surface area (Å²) in [4.78, 5) is 4.72. The Balaban J connectivity index is 2.33. The zero-order valence-corrected chi connectivity index (χ0v) is 11.0. The number of aromatic nitrogens is 2. The lowest BCUT2D eigenvalue weighted by molar-refractivity contribution is 0.938. The number of nitrogens with two attached hydrogens (primary N) is 1. The molecule has 2 aromatic heterocycles. The molecule has 96 valence electrons. The smallest absolute Gasteiger partial charge is 0.137 e. The van der Waals surface area contributed by atoms with Crippen LogP contribution in [0.5, 0.6) is 0 Å². The van der Waals surface area contributed by atoms with Crippen LogP contribution >= 0.6 is 0 Å². The topological polar surface area (TPSA) is 43.3 Å². The highest BCUT2D eigenvalue weighted by atomic mass is 15.0. The molecule has 0 spiro atoms. The van der Waals surface area contributed by atoms with Gasteiger partial charge in [0.25, 0.3) is 0 Å². The van der Waals surface area contributed by atoms with Gasteiger partial charge in [0, 0.05) is 17.7 Å². The summed E-state index contributed by atoms with van der Waals surface area (Å²) >= 11 is 0. The van der Waals surface area contributed by atoms with Crippen LogP contribution in [-0.4, -0.2) is 15.9 Å². The zero-order valence-electron chi connectivity index (χ0n) is 11.0. The summed E-state index contributed by atoms with van der Waals surface area (Å²) in [5, 5.41) is 0. The zero-order chi connectivity index (χ0) is 13.2. The molecule has 3 aromatic rings. The first-order valence-corrected chi connectivity index (χ1v) is 6.53. The summed E-state index contributed by atoms with van der Waals surface area (Å²) in [7, 11) is 0. The van der Waals surface area contributed by atoms with Crippen molar-refractivity contribution in [2.24, 2.45) is 5.73 Å². The van der Waals surface area contributed by atoms with Crippen LogP contribution in [0.1, 0.15) is 11.4 Å². The average Bonchev–Trinajstić information content (AvgIpc) is 2.80. The van der Waals surface area contributed by atoms with Crippen LogP contribution in [0.3, 0.4) is 0 Å². The molecule has 0 fully saturated rings. The highest BCUT2D eigenvalue weighted by Crippen LogP contribution is 2.26. The number of fused-ring (bicyclic) bond motifs is 1. The van der Waals surface area contributed by atoms with Crippen molar-refractivity contribution in [1.29, 1.82) is 0 Å². The fourth-order valence-corrected chi connectivity index (χ4v) is 2.50. The number of aryl methyl sites for hydroxylation is 1. The molecule has 0 bridgehead atoms. The van der Waals surface area contributed by atoms with Crippen molar-refractivity contribution in [3.63, 3.8) is 0 Å². The molecule has 0 atom stereocenters. The van der Waals surface area contributed by atoms with Gasteiger partial charge in [0.15, 0.2) is 0 Å². The molecular formula is C16H17N3. The Morgan fingerprint density at radius 2 is 1.84 bits per heavy atom. The van der Waals surface area contributed by atoms with Crippen LogP contribution in [0.25, 0.3) is 16.9 Å². The van der Waals surface area contributed by atoms with Gasteiger partial charge in [0.1, 0.15) is 5.65 Å². The summed E-state index contributed by atoms with van der Waals surface area (Å²) in [6.45, 7) is 2.72. The third-order valence-corrected chi connectivity index (χ3v) is 3.34. The van der Waals surface area contributed by atoms with Crippen molar-refractivity contribution in [2.45, 2.75) is 13.3 Å². The van der Waals surface area contributed by atoms with Gasteiger partial charge in [-0.2, -0.15) is 0 Å². The summed E-state index contributed by atoms with van der Waals surface area (Å²) in [5.74, 6) is 0. The molecule has 2 heterocycles. The number of hydrogen-bond donors (Lipinski definition) is 1. The molecule has 2 N–H and O–H groups in total. The monoisotopic (exact) mass is 251 g/mol. The third-order valence-electron chi connectivity index (χ3n) is 3.34. The fourth-order valence-electron chi connectivity index (χ4n) is 2.50. The van der Waals surface area contributed by atoms with Gasteiger partial charge >= 0.3 is 0 Å². The van der Waals surface area contributed by atoms with Crippen LogP contribution in [0.4, 0.5) is 0 Å². The second-order valence-corrected chi connectivity index (χ2v) is 4.67. The lowest BCUT2D eigenvalue weighted by Gasteiger charge is -2.07. The molecule has 0 aliphatic rings. The molecule has 0 unspecified atom stereocenters. The number of benzene rings is 1. The first-order valence-electron chi connectivity index (χ1n) is 6.53. The maximum absolute atomic E-state index is 5.72. The minimum atomic E-state index is 0.614. The van der Waals surface area contributed by atoms with Crippen molar-refractivity contribution in [3.05, 3.63) is 59.9 Å². The molecule has 0 saturated carbocycles. The van der Waals surface area contributed by atoms with Crippen LogP contribution in [0, 0.1) is 6.92 Å². The van der Waals surface area contributed by atoms with E-state index in [0.717, 1.165) is 17.8 Å². The minimum Gasteiger partial charge on any atom is -0.330 e. The van der Waals surface area contributed by atoms with E-state index in [1.54, 1.807) is 0 Å². The first kappa shape index (κ1) is 11.9. The van der Waals surface area contributed by atoms with Gasteiger partial charge in [-0.15, -0.1) is 0 Å². The summed E-state index contributed by atoms with van der Waals surface area (Å²) in [6, 6.07) is 16.6. The Hall–Kier alpha value is -2.13. The van der Waals surface area contributed by atoms with Gasteiger partial charge in [-0.1, -0.05) is 36.4 Å². The van der Waals surface area contributed by atoms with Crippen molar-refractivity contribution in [1.82, 2.24) is 9.38 Å². The van der Waals surface area contributed by atoms with Crippen molar-refractivity contribution >= 4 is 5.65 Å². The van der Waals surface area contributed by atoms with Gasteiger partial charge < -0.3 is 5.73 Å². The molecule has 3 heteroatoms. The van der Waals surface area contributed by atoms with E-state index in [1.807, 2.05) is 18.2 Å². The van der Waals surface area contributed by atoms with Crippen molar-refractivity contribution in [2.75, 3.05) is 6.54 Å². The van der Waals surface area contributed by atoms with Crippen LogP contribution < -0.4 is 5.73 Å². The number of pyridine rings is 1. The second-order valence-electron chi connectivity index (χ2n) is 4.67. The molecule has 0 saturated heterocycles. The normalized spacial score (nSPS) is 11.1. The number of hydrogen-bond acceptors (Lipinski definition) is 2. The SMILES string of the molecule is Cc1cccc2nc(CCN)c(-c3ccccc3)n12. The molecule has 0 aliphatic carbocycles. The molecule has 1 aromatic carbocycles. The maximum atomic E-state index is 5.72. The quantitative estimate of drug-likeness (QED) is 0.778. The largest absolute Gasteiger partial charge is 0.330 e. The van der Waals surface area contributed by atoms with Crippen LogP contribution in [-0.2, 0) is 6.42 Å². The lowest BCUT2D eigenvalue weighted by Crippen LogP contribution is -2.04. The molecule has 0 radical (unpaired) electrons. The average molecular weight is 251 g/mol. The van der Waals surface area contributed by atoms with E-state index in [-0.39, 0.29) is 0 Å². The van der Waals surface area contributed by atoms with Gasteiger partial charge in [-0.3, -0.25) is 4.40 Å². The van der Waals surface area contributed by atoms with E-state index in [4.69, 9.17) is 10.7 Å². The van der Waals surface area contributed by atoms with Gasteiger partial charge in [0.2, 0.25) is 0 Å². The van der Waals surface area contributed by atoms with Crippen molar-refractivity contribution < 1.29 is 0 Å². The van der Waals surface area contributed by atoms with E-state index in [2.05, 4.69) is 41.7 Å². The van der Waals surface area contributed by atoms with Crippen LogP contribution in [0.2, 0.25) is 0 Å². The van der Waals surface area contributed by atoms with Gasteiger partial charge in [-0.05, 0) is 25.6 Å². The molecule has 19 heavy (non-hydrogen) atoms. The van der Waals surface area contributed by atoms with Gasteiger partial charge in [0.05, 0.1) is 11.4 Å². The Labute approximate surface area is 112 Å². The molecule has 0 amide bonds. The Bertz CT molecular complexity index is 699. The Morgan fingerprint density at radius 1 is 1.05 bits per heavy atom. The molecule has 3 nitrogen and oxygen atoms in total. The maximum Gasteiger partial charge on any atom is 0.137 e. The minimum absolute atomic E-state index is 0.614. The fraction of sp³-hybridized carbons (Fsp3) is 0.188. The summed E-state index contributed by atoms with van der Waals surface area (Å²) in [6.07, 6.45) is 0.797. The van der Waals surface area contributed by atoms with Gasteiger partial charge in [-0.25, -0.2) is 4.98 Å². The molecule has 3 rings (SSSR count). The number of imidazole rings is 1. The first-order chi connectivity index (χ1) is 9.31. The second kappa shape index (κ2) is 4.86. The third kappa shape index (κ3) is 2.02. The molecule has 0 aliphatic heterocycles. The van der Waals surface area contributed by atoms with E-state index in [0.29, 0.717) is 6.54 Å². The summed E-state index contributed by atoms with van der Waals surface area (Å²) < 4.78 is 2.21. The highest BCUT2D eigenvalue weighted by Gasteiger charge is 2.14. The Morgan fingerprint density at radius 3 is 2.58 bits per heavy atom. The standard InChI is InChI=1S/C16H17N3/c1-12-6-5-9-15-18-14(10-11-17)16(19(12)15)13-7-3-2-4-8-13/h2-9H,10-11,17H2,1H3. The van der Waals surface area contributed by atoms with E-state index in [1.165, 1.54) is 17.0 Å². The predicted octanol–water partition coefficient (Wildman–Crippen LogP) is 2.81. The number of nitrogens with zero attached hydrogens (tertiary/aromatic N) is 2. The highest BCUT2D eigenvalue weighted by molar-refractivity contribution is 5.68. The summed E-state index contributed by atoms with van der Waals surface area (Å²) in [5.41, 5.74) is 11.3. The van der Waals surface area contributed by atoms with E-state index < -0.39 is 0 Å². The van der Waals surface area contributed by atoms with E-state index >= 15 is 0 Å². The van der Waals surface area contributed by atoms with E-state index in [9.17, 15) is 0 Å². The van der Waals surface area contributed by atoms with Crippen LogP contribution in [0.15, 0.2) is 48.5 Å². The predicted molar refractivity (Wildman–Crippen MR) is 78.1 cm³/mol. The Kier molecular flexibility index (Phi) is 3.05. The van der Waals surface area contributed by atoms with Crippen molar-refractivity contribution in [3.8, 4) is 11.3 Å². The molecular weight excluding hydrogens is 234 g/mol. The number of rotatable bonds is 3. The lowest BCUT2D eigenvalue weighted by atomic mass is 10.1.